The molecule has 29 heavy (non-hydrogen) atoms. The third-order valence-electron chi connectivity index (χ3n) is 3.76. The summed E-state index contributed by atoms with van der Waals surface area (Å²) in [7, 11) is 0. The summed E-state index contributed by atoms with van der Waals surface area (Å²) in [6.45, 7) is 0. The van der Waals surface area contributed by atoms with Gasteiger partial charge >= 0.3 is 17.9 Å². The molecule has 0 saturated heterocycles. The number of phenolic OH excluding ortho intramolecular Hbond substituents is 2. The van der Waals surface area contributed by atoms with E-state index in [9.17, 15) is 29.7 Å². The fourth-order valence-corrected chi connectivity index (χ4v) is 2.44. The van der Waals surface area contributed by atoms with Gasteiger partial charge in [0.05, 0.1) is 16.7 Å². The van der Waals surface area contributed by atoms with Crippen molar-refractivity contribution in [2.75, 3.05) is 0 Å². The average molecular weight is 394 g/mol. The molecule has 0 saturated carbocycles. The van der Waals surface area contributed by atoms with E-state index in [1.165, 1.54) is 48.5 Å². The number of hydrogen-bond donors (Lipinski definition) is 3. The Morgan fingerprint density at radius 1 is 0.655 bits per heavy atom. The molecular formula is C21H14O8. The fourth-order valence-electron chi connectivity index (χ4n) is 2.44. The minimum absolute atomic E-state index is 0.00280. The van der Waals surface area contributed by atoms with Gasteiger partial charge in [-0.1, -0.05) is 12.1 Å². The van der Waals surface area contributed by atoms with Gasteiger partial charge in [-0.25, -0.2) is 14.4 Å². The number of benzene rings is 3. The lowest BCUT2D eigenvalue weighted by Gasteiger charge is -2.11. The van der Waals surface area contributed by atoms with E-state index in [-0.39, 0.29) is 39.7 Å². The van der Waals surface area contributed by atoms with Gasteiger partial charge in [0.1, 0.15) is 23.0 Å². The standard InChI is InChI=1S/C21H14O8/c22-13-3-1-5-15(10-13)28-20(26)17-8-7-12(19(24)25)9-18(17)21(27)29-16-6-2-4-14(23)11-16/h1-11,22-23H,(H,24,25). The molecule has 0 aliphatic carbocycles. The van der Waals surface area contributed by atoms with E-state index in [1.807, 2.05) is 0 Å². The van der Waals surface area contributed by atoms with Gasteiger partial charge in [-0.05, 0) is 42.5 Å². The highest BCUT2D eigenvalue weighted by Crippen LogP contribution is 2.23. The molecule has 3 aromatic carbocycles. The van der Waals surface area contributed by atoms with Gasteiger partial charge in [0.25, 0.3) is 0 Å². The minimum Gasteiger partial charge on any atom is -0.508 e. The van der Waals surface area contributed by atoms with E-state index >= 15 is 0 Å². The Balaban J connectivity index is 1.95. The van der Waals surface area contributed by atoms with Crippen LogP contribution in [-0.4, -0.2) is 33.2 Å². The van der Waals surface area contributed by atoms with E-state index in [1.54, 1.807) is 0 Å². The van der Waals surface area contributed by atoms with Gasteiger partial charge in [-0.15, -0.1) is 0 Å². The Morgan fingerprint density at radius 3 is 1.66 bits per heavy atom. The number of rotatable bonds is 5. The highest BCUT2D eigenvalue weighted by atomic mass is 16.5. The molecule has 0 amide bonds. The van der Waals surface area contributed by atoms with Crippen molar-refractivity contribution in [3.8, 4) is 23.0 Å². The largest absolute Gasteiger partial charge is 0.508 e. The zero-order valence-electron chi connectivity index (χ0n) is 14.7. The molecule has 0 heterocycles. The molecule has 0 aromatic heterocycles. The number of carbonyl (C=O) groups is 3. The van der Waals surface area contributed by atoms with E-state index in [0.29, 0.717) is 0 Å². The molecule has 0 unspecified atom stereocenters. The van der Waals surface area contributed by atoms with Crippen LogP contribution < -0.4 is 9.47 Å². The lowest BCUT2D eigenvalue weighted by atomic mass is 10.0. The number of aromatic carboxylic acids is 1. The Bertz CT molecular complexity index is 1100. The molecule has 3 rings (SSSR count). The van der Waals surface area contributed by atoms with E-state index in [4.69, 9.17) is 9.47 Å². The first kappa shape index (κ1) is 19.4. The van der Waals surface area contributed by atoms with E-state index in [2.05, 4.69) is 0 Å². The molecule has 0 atom stereocenters. The summed E-state index contributed by atoms with van der Waals surface area (Å²) in [4.78, 5) is 36.4. The summed E-state index contributed by atoms with van der Waals surface area (Å²) in [5.41, 5.74) is -0.802. The quantitative estimate of drug-likeness (QED) is 0.444. The van der Waals surface area contributed by atoms with Gasteiger partial charge in [0, 0.05) is 12.1 Å². The number of phenols is 2. The van der Waals surface area contributed by atoms with Crippen molar-refractivity contribution in [2.45, 2.75) is 0 Å². The lowest BCUT2D eigenvalue weighted by molar-refractivity contribution is 0.0683. The zero-order chi connectivity index (χ0) is 21.0. The van der Waals surface area contributed by atoms with Crippen LogP contribution in [0.2, 0.25) is 0 Å². The second-order valence-corrected chi connectivity index (χ2v) is 5.84. The van der Waals surface area contributed by atoms with Crippen LogP contribution in [0, 0.1) is 0 Å². The lowest BCUT2D eigenvalue weighted by Crippen LogP contribution is -2.18. The van der Waals surface area contributed by atoms with Crippen LogP contribution in [0.3, 0.4) is 0 Å². The molecule has 146 valence electrons. The molecule has 0 fully saturated rings. The number of ether oxygens (including phenoxy) is 2. The van der Waals surface area contributed by atoms with Gasteiger partial charge in [-0.2, -0.15) is 0 Å². The molecule has 0 spiro atoms. The van der Waals surface area contributed by atoms with Crippen LogP contribution in [0.4, 0.5) is 0 Å². The minimum atomic E-state index is -1.30. The molecule has 0 bridgehead atoms. The molecule has 0 aliphatic rings. The Labute approximate surface area is 164 Å². The summed E-state index contributed by atoms with van der Waals surface area (Å²) in [5.74, 6) is -3.49. The first-order chi connectivity index (χ1) is 13.8. The number of carbonyl (C=O) groups excluding carboxylic acids is 2. The Hall–Kier alpha value is -4.33. The summed E-state index contributed by atoms with van der Waals surface area (Å²) in [6, 6.07) is 14.2. The Morgan fingerprint density at radius 2 is 1.17 bits per heavy atom. The first-order valence-electron chi connectivity index (χ1n) is 8.23. The maximum absolute atomic E-state index is 12.6. The van der Waals surface area contributed by atoms with Crippen LogP contribution in [-0.2, 0) is 0 Å². The molecule has 3 aromatic rings. The third-order valence-corrected chi connectivity index (χ3v) is 3.76. The number of esters is 2. The van der Waals surface area contributed by atoms with Gasteiger partial charge in [0.2, 0.25) is 0 Å². The highest BCUT2D eigenvalue weighted by Gasteiger charge is 2.23. The van der Waals surface area contributed by atoms with Gasteiger partial charge in [0.15, 0.2) is 0 Å². The normalized spacial score (nSPS) is 10.2. The molecule has 3 N–H and O–H groups in total. The molecule has 0 radical (unpaired) electrons. The molecule has 8 heteroatoms. The first-order valence-corrected chi connectivity index (χ1v) is 8.23. The van der Waals surface area contributed by atoms with Crippen molar-refractivity contribution in [3.05, 3.63) is 83.4 Å². The summed E-state index contributed by atoms with van der Waals surface area (Å²) in [5, 5.41) is 28.1. The molecule has 8 nitrogen and oxygen atoms in total. The summed E-state index contributed by atoms with van der Waals surface area (Å²) >= 11 is 0. The van der Waals surface area contributed by atoms with E-state index < -0.39 is 17.9 Å². The average Bonchev–Trinajstić information content (AvgIpc) is 2.67. The monoisotopic (exact) mass is 394 g/mol. The van der Waals surface area contributed by atoms with Crippen molar-refractivity contribution in [1.29, 1.82) is 0 Å². The predicted molar refractivity (Wildman–Crippen MR) is 99.5 cm³/mol. The maximum atomic E-state index is 12.6. The summed E-state index contributed by atoms with van der Waals surface area (Å²) < 4.78 is 10.3. The van der Waals surface area contributed by atoms with Crippen LogP contribution in [0.1, 0.15) is 31.1 Å². The zero-order valence-corrected chi connectivity index (χ0v) is 14.7. The number of hydrogen-bond acceptors (Lipinski definition) is 7. The SMILES string of the molecule is O=C(O)c1ccc(C(=O)Oc2cccc(O)c2)c(C(=O)Oc2cccc(O)c2)c1. The fraction of sp³-hybridized carbons (Fsp3) is 0. The van der Waals surface area contributed by atoms with Crippen molar-refractivity contribution in [2.24, 2.45) is 0 Å². The molecule has 0 aliphatic heterocycles. The summed E-state index contributed by atoms with van der Waals surface area (Å²) in [6.07, 6.45) is 0. The van der Waals surface area contributed by atoms with Crippen molar-refractivity contribution in [3.63, 3.8) is 0 Å². The predicted octanol–water partition coefficient (Wildman–Crippen LogP) is 3.23. The molecular weight excluding hydrogens is 380 g/mol. The van der Waals surface area contributed by atoms with Crippen LogP contribution in [0.15, 0.2) is 66.7 Å². The van der Waals surface area contributed by atoms with Crippen molar-refractivity contribution < 1.29 is 39.2 Å². The highest BCUT2D eigenvalue weighted by molar-refractivity contribution is 6.06. The van der Waals surface area contributed by atoms with Gasteiger partial charge in [-0.3, -0.25) is 0 Å². The van der Waals surface area contributed by atoms with Crippen LogP contribution >= 0.6 is 0 Å². The van der Waals surface area contributed by atoms with Crippen LogP contribution in [0.5, 0.6) is 23.0 Å². The topological polar surface area (TPSA) is 130 Å². The third kappa shape index (κ3) is 4.69. The number of carboxylic acid groups (broad SMARTS) is 1. The van der Waals surface area contributed by atoms with Crippen molar-refractivity contribution >= 4 is 17.9 Å². The second kappa shape index (κ2) is 8.13. The number of aromatic hydroxyl groups is 2. The van der Waals surface area contributed by atoms with Gasteiger partial charge < -0.3 is 24.8 Å². The Kier molecular flexibility index (Phi) is 5.45. The maximum Gasteiger partial charge on any atom is 0.344 e. The second-order valence-electron chi connectivity index (χ2n) is 5.84. The number of carboxylic acids is 1. The van der Waals surface area contributed by atoms with Crippen molar-refractivity contribution in [1.82, 2.24) is 0 Å². The smallest absolute Gasteiger partial charge is 0.344 e. The van der Waals surface area contributed by atoms with Crippen LogP contribution in [0.25, 0.3) is 0 Å². The van der Waals surface area contributed by atoms with E-state index in [0.717, 1.165) is 18.2 Å².